The summed E-state index contributed by atoms with van der Waals surface area (Å²) in [5.74, 6) is 1.31. The molecule has 3 aliphatic heterocycles. The summed E-state index contributed by atoms with van der Waals surface area (Å²) in [6.07, 6.45) is 5.05. The van der Waals surface area contributed by atoms with Gasteiger partial charge in [0.2, 0.25) is 0 Å². The Hall–Kier alpha value is -2.64. The fraction of sp³-hybridized carbons (Fsp3) is 0.571. The molecule has 4 unspecified atom stereocenters. The van der Waals surface area contributed by atoms with Crippen LogP contribution in [0.5, 0.6) is 5.75 Å². The molecule has 0 spiro atoms. The number of carbonyl (C=O) groups excluding carboxylic acids is 2. The number of fused-ring (bicyclic) bond motifs is 1. The van der Waals surface area contributed by atoms with Crippen LogP contribution in [0.1, 0.15) is 44.2 Å². The molecule has 1 amide bonds. The van der Waals surface area contributed by atoms with Crippen molar-refractivity contribution in [3.63, 3.8) is 0 Å². The summed E-state index contributed by atoms with van der Waals surface area (Å²) in [6, 6.07) is 7.30. The van der Waals surface area contributed by atoms with Gasteiger partial charge in [-0.1, -0.05) is 31.7 Å². The summed E-state index contributed by atoms with van der Waals surface area (Å²) >= 11 is 0. The number of morpholine rings is 1. The summed E-state index contributed by atoms with van der Waals surface area (Å²) < 4.78 is 17.4. The monoisotopic (exact) mass is 480 g/mol. The summed E-state index contributed by atoms with van der Waals surface area (Å²) in [6.45, 7) is 11.1. The highest BCUT2D eigenvalue weighted by molar-refractivity contribution is 6.11. The van der Waals surface area contributed by atoms with E-state index in [1.165, 1.54) is 0 Å². The van der Waals surface area contributed by atoms with E-state index in [2.05, 4.69) is 18.4 Å². The number of benzene rings is 1. The van der Waals surface area contributed by atoms with Gasteiger partial charge in [-0.15, -0.1) is 0 Å². The zero-order valence-electron chi connectivity index (χ0n) is 20.6. The number of ether oxygens (including phenoxy) is 3. The molecule has 0 radical (unpaired) electrons. The predicted molar refractivity (Wildman–Crippen MR) is 132 cm³/mol. The van der Waals surface area contributed by atoms with Crippen LogP contribution < -0.4 is 4.74 Å². The number of rotatable bonds is 8. The van der Waals surface area contributed by atoms with Gasteiger partial charge in [0.15, 0.2) is 11.5 Å². The summed E-state index contributed by atoms with van der Waals surface area (Å²) in [4.78, 5) is 31.7. The lowest BCUT2D eigenvalue weighted by Gasteiger charge is -2.37. The minimum atomic E-state index is -0.415. The fourth-order valence-electron chi connectivity index (χ4n) is 5.89. The number of Topliss-reactive ketones (excluding diaryl/α,β-unsaturated/α-hetero) is 1. The number of hydrogen-bond donors (Lipinski definition) is 0. The van der Waals surface area contributed by atoms with Gasteiger partial charge in [-0.05, 0) is 49.3 Å². The van der Waals surface area contributed by atoms with Crippen molar-refractivity contribution < 1.29 is 23.8 Å². The van der Waals surface area contributed by atoms with Crippen LogP contribution >= 0.6 is 0 Å². The molecule has 188 valence electrons. The topological polar surface area (TPSA) is 68.3 Å². The van der Waals surface area contributed by atoms with Crippen LogP contribution in [0.4, 0.5) is 0 Å². The average Bonchev–Trinajstić information content (AvgIpc) is 3.16. The average molecular weight is 481 g/mol. The van der Waals surface area contributed by atoms with E-state index in [1.807, 2.05) is 29.2 Å². The van der Waals surface area contributed by atoms with Crippen LogP contribution in [-0.4, -0.2) is 73.6 Å². The SMILES string of the molecule is C=CCOc1ccc(C2C3=C(OC4CCC(C)CC4C3=O)C(=O)N2CCCN2CCOCC2)cc1. The Balaban J connectivity index is 1.40. The lowest BCUT2D eigenvalue weighted by Crippen LogP contribution is -2.41. The van der Waals surface area contributed by atoms with Crippen LogP contribution in [0.2, 0.25) is 0 Å². The molecule has 3 heterocycles. The van der Waals surface area contributed by atoms with Gasteiger partial charge in [0.25, 0.3) is 5.91 Å². The Morgan fingerprint density at radius 2 is 1.89 bits per heavy atom. The van der Waals surface area contributed by atoms with Crippen molar-refractivity contribution in [1.82, 2.24) is 9.80 Å². The Morgan fingerprint density at radius 1 is 1.11 bits per heavy atom. The summed E-state index contributed by atoms with van der Waals surface area (Å²) in [7, 11) is 0. The van der Waals surface area contributed by atoms with Crippen LogP contribution in [0.3, 0.4) is 0 Å². The fourth-order valence-corrected chi connectivity index (χ4v) is 5.89. The molecule has 35 heavy (non-hydrogen) atoms. The number of hydrogen-bond acceptors (Lipinski definition) is 6. The van der Waals surface area contributed by atoms with E-state index in [-0.39, 0.29) is 29.5 Å². The second kappa shape index (κ2) is 10.5. The molecule has 5 rings (SSSR count). The van der Waals surface area contributed by atoms with Crippen LogP contribution in [0, 0.1) is 11.8 Å². The normalized spacial score (nSPS) is 29.0. The van der Waals surface area contributed by atoms with E-state index in [1.54, 1.807) is 6.08 Å². The first kappa shape index (κ1) is 24.1. The van der Waals surface area contributed by atoms with Crippen LogP contribution in [-0.2, 0) is 19.1 Å². The van der Waals surface area contributed by atoms with Crippen molar-refractivity contribution in [2.45, 2.75) is 44.8 Å². The van der Waals surface area contributed by atoms with Crippen molar-refractivity contribution in [3.05, 3.63) is 53.8 Å². The smallest absolute Gasteiger partial charge is 0.290 e. The van der Waals surface area contributed by atoms with Crippen molar-refractivity contribution >= 4 is 11.7 Å². The zero-order chi connectivity index (χ0) is 24.4. The molecule has 1 saturated heterocycles. The maximum Gasteiger partial charge on any atom is 0.290 e. The number of ketones is 1. The second-order valence-electron chi connectivity index (χ2n) is 10.2. The number of nitrogens with zero attached hydrogens (tertiary/aromatic N) is 2. The van der Waals surface area contributed by atoms with Crippen molar-refractivity contribution in [1.29, 1.82) is 0 Å². The van der Waals surface area contributed by atoms with E-state index in [4.69, 9.17) is 14.2 Å². The van der Waals surface area contributed by atoms with Gasteiger partial charge in [-0.3, -0.25) is 14.5 Å². The Kier molecular flexibility index (Phi) is 7.25. The Morgan fingerprint density at radius 3 is 2.63 bits per heavy atom. The molecule has 1 aromatic rings. The summed E-state index contributed by atoms with van der Waals surface area (Å²) in [5, 5.41) is 0. The van der Waals surface area contributed by atoms with E-state index in [0.717, 1.165) is 69.8 Å². The van der Waals surface area contributed by atoms with Gasteiger partial charge < -0.3 is 19.1 Å². The van der Waals surface area contributed by atoms with Crippen molar-refractivity contribution in [2.24, 2.45) is 11.8 Å². The highest BCUT2D eigenvalue weighted by Crippen LogP contribution is 2.47. The van der Waals surface area contributed by atoms with Crippen LogP contribution in [0.25, 0.3) is 0 Å². The molecular weight excluding hydrogens is 444 g/mol. The molecule has 4 aliphatic rings. The third kappa shape index (κ3) is 4.89. The Labute approximate surface area is 207 Å². The number of carbonyl (C=O) groups is 2. The summed E-state index contributed by atoms with van der Waals surface area (Å²) in [5.41, 5.74) is 1.47. The molecule has 0 aromatic heterocycles. The quantitative estimate of drug-likeness (QED) is 0.531. The molecule has 4 atom stereocenters. The van der Waals surface area contributed by atoms with Crippen molar-refractivity contribution in [2.75, 3.05) is 46.0 Å². The molecule has 0 bridgehead atoms. The predicted octanol–water partition coefficient (Wildman–Crippen LogP) is 3.52. The first-order valence-corrected chi connectivity index (χ1v) is 13.0. The van der Waals surface area contributed by atoms with E-state index in [0.29, 0.717) is 24.6 Å². The van der Waals surface area contributed by atoms with Crippen LogP contribution in [0.15, 0.2) is 48.3 Å². The number of amides is 1. The van der Waals surface area contributed by atoms with Gasteiger partial charge in [-0.25, -0.2) is 0 Å². The minimum absolute atomic E-state index is 0.101. The zero-order valence-corrected chi connectivity index (χ0v) is 20.6. The maximum atomic E-state index is 13.8. The largest absolute Gasteiger partial charge is 0.490 e. The van der Waals surface area contributed by atoms with E-state index in [9.17, 15) is 9.59 Å². The van der Waals surface area contributed by atoms with Gasteiger partial charge in [0, 0.05) is 26.2 Å². The molecule has 0 N–H and O–H groups in total. The molecule has 7 nitrogen and oxygen atoms in total. The molecule has 1 aromatic carbocycles. The second-order valence-corrected chi connectivity index (χ2v) is 10.2. The highest BCUT2D eigenvalue weighted by atomic mass is 16.5. The molecule has 7 heteroatoms. The molecular formula is C28H36N2O5. The first-order chi connectivity index (χ1) is 17.1. The lowest BCUT2D eigenvalue weighted by atomic mass is 9.74. The Bertz CT molecular complexity index is 982. The van der Waals surface area contributed by atoms with Gasteiger partial charge in [0.05, 0.1) is 30.7 Å². The molecule has 1 saturated carbocycles. The third-order valence-electron chi connectivity index (χ3n) is 7.75. The molecule has 2 fully saturated rings. The van der Waals surface area contributed by atoms with Gasteiger partial charge >= 0.3 is 0 Å². The van der Waals surface area contributed by atoms with Gasteiger partial charge in [0.1, 0.15) is 18.5 Å². The highest BCUT2D eigenvalue weighted by Gasteiger charge is 2.52. The molecule has 1 aliphatic carbocycles. The van der Waals surface area contributed by atoms with Gasteiger partial charge in [-0.2, -0.15) is 0 Å². The third-order valence-corrected chi connectivity index (χ3v) is 7.75. The lowest BCUT2D eigenvalue weighted by molar-refractivity contribution is -0.136. The van der Waals surface area contributed by atoms with Crippen molar-refractivity contribution in [3.8, 4) is 5.75 Å². The maximum absolute atomic E-state index is 13.8. The van der Waals surface area contributed by atoms with E-state index < -0.39 is 6.04 Å². The standard InChI is InChI=1S/C28H36N2O5/c1-3-15-34-21-8-6-20(7-9-21)25-24-26(31)22-18-19(2)5-10-23(22)35-27(24)28(32)30(25)12-4-11-29-13-16-33-17-14-29/h3,6-9,19,22-23,25H,1,4-5,10-18H2,2H3. The first-order valence-electron chi connectivity index (χ1n) is 13.0. The van der Waals surface area contributed by atoms with E-state index >= 15 is 0 Å². The minimum Gasteiger partial charge on any atom is -0.490 e.